The monoisotopic (exact) mass is 526 g/mol. The summed E-state index contributed by atoms with van der Waals surface area (Å²) >= 11 is 0. The first-order valence-corrected chi connectivity index (χ1v) is 11.8. The van der Waals surface area contributed by atoms with Gasteiger partial charge in [-0.1, -0.05) is 0 Å². The van der Waals surface area contributed by atoms with E-state index in [9.17, 15) is 31.0 Å². The van der Waals surface area contributed by atoms with Gasteiger partial charge in [-0.25, -0.2) is 27.3 Å². The molecule has 2 aromatic carbocycles. The van der Waals surface area contributed by atoms with Crippen molar-refractivity contribution in [2.75, 3.05) is 6.54 Å². The lowest BCUT2D eigenvalue weighted by Crippen LogP contribution is -2.43. The molecule has 1 saturated heterocycles. The second-order valence-corrected chi connectivity index (χ2v) is 9.25. The largest absolute Gasteiger partial charge is 0.573 e. The van der Waals surface area contributed by atoms with E-state index < -0.39 is 40.8 Å². The minimum absolute atomic E-state index is 0.0143. The molecule has 0 aliphatic carbocycles. The van der Waals surface area contributed by atoms with Crippen LogP contribution in [0, 0.1) is 11.6 Å². The van der Waals surface area contributed by atoms with Crippen LogP contribution in [0.3, 0.4) is 0 Å². The molecule has 3 aromatic rings. The Morgan fingerprint density at radius 1 is 1.11 bits per heavy atom. The molecule has 36 heavy (non-hydrogen) atoms. The van der Waals surface area contributed by atoms with Gasteiger partial charge in [0.05, 0.1) is 22.8 Å². The summed E-state index contributed by atoms with van der Waals surface area (Å²) in [5, 5.41) is 2.73. The van der Waals surface area contributed by atoms with E-state index >= 15 is 0 Å². The van der Waals surface area contributed by atoms with Crippen LogP contribution in [0.4, 0.5) is 22.0 Å². The van der Waals surface area contributed by atoms with Crippen LogP contribution in [0.1, 0.15) is 18.5 Å². The molecule has 7 nitrogen and oxygen atoms in total. The van der Waals surface area contributed by atoms with Gasteiger partial charge in [-0.2, -0.15) is 0 Å². The second-order valence-electron chi connectivity index (χ2n) is 7.81. The molecule has 190 valence electrons. The fraction of sp³-hybridized carbons (Fsp3) is 0.261. The maximum atomic E-state index is 14.1. The van der Waals surface area contributed by atoms with Crippen molar-refractivity contribution in [1.29, 1.82) is 0 Å². The van der Waals surface area contributed by atoms with Gasteiger partial charge in [-0.05, 0) is 61.4 Å². The normalized spacial score (nSPS) is 17.1. The Labute approximate surface area is 204 Å². The maximum Gasteiger partial charge on any atom is 0.573 e. The number of nitrogens with one attached hydrogen (secondary N) is 1. The molecule has 1 aliphatic rings. The summed E-state index contributed by atoms with van der Waals surface area (Å²) in [6.07, 6.45) is -2.70. The molecule has 0 spiro atoms. The predicted molar refractivity (Wildman–Crippen MR) is 118 cm³/mol. The Balaban J connectivity index is 1.41. The number of halogens is 5. The van der Waals surface area contributed by atoms with Crippen molar-refractivity contribution in [2.24, 2.45) is 0 Å². The summed E-state index contributed by atoms with van der Waals surface area (Å²) in [6.45, 7) is 0.416. The first kappa shape index (κ1) is 25.6. The molecule has 0 saturated carbocycles. The van der Waals surface area contributed by atoms with Gasteiger partial charge < -0.3 is 10.1 Å². The lowest BCUT2D eigenvalue weighted by atomic mass is 10.1. The van der Waals surface area contributed by atoms with Gasteiger partial charge in [0.15, 0.2) is 11.6 Å². The van der Waals surface area contributed by atoms with Crippen molar-refractivity contribution in [1.82, 2.24) is 19.6 Å². The number of carbonyl (C=O) groups is 1. The standard InChI is InChI=1S/C23H19F5N4O3S/c24-15-4-6-17(7-5-15)36(34)32-9-1-2-20(32)22(33)29-12-16-11-19(31-13-30-16)14-3-8-21(18(25)10-14)35-23(26,27)28/h3-8,10-11,13,20H,1-2,9,12H2,(H,29,33). The summed E-state index contributed by atoms with van der Waals surface area (Å²) in [6, 6.07) is 8.94. The Bertz CT molecular complexity index is 1270. The van der Waals surface area contributed by atoms with E-state index in [2.05, 4.69) is 20.0 Å². The van der Waals surface area contributed by atoms with Crippen LogP contribution in [-0.2, 0) is 22.3 Å². The molecule has 1 N–H and O–H groups in total. The number of benzene rings is 2. The summed E-state index contributed by atoms with van der Waals surface area (Å²) < 4.78 is 82.3. The van der Waals surface area contributed by atoms with Crippen molar-refractivity contribution >= 4 is 16.9 Å². The minimum atomic E-state index is -5.02. The number of nitrogens with zero attached hydrogens (tertiary/aromatic N) is 3. The Morgan fingerprint density at radius 3 is 2.56 bits per heavy atom. The number of amides is 1. The number of alkyl halides is 3. The molecule has 1 fully saturated rings. The topological polar surface area (TPSA) is 84.4 Å². The fourth-order valence-electron chi connectivity index (χ4n) is 3.70. The smallest absolute Gasteiger partial charge is 0.403 e. The average molecular weight is 526 g/mol. The highest BCUT2D eigenvalue weighted by Gasteiger charge is 2.35. The summed E-state index contributed by atoms with van der Waals surface area (Å²) in [5.41, 5.74) is 0.786. The third-order valence-corrected chi connectivity index (χ3v) is 6.89. The Kier molecular flexibility index (Phi) is 7.59. The molecular formula is C23H19F5N4O3S. The number of rotatable bonds is 7. The van der Waals surface area contributed by atoms with Crippen LogP contribution in [0.5, 0.6) is 5.75 Å². The quantitative estimate of drug-likeness (QED) is 0.469. The van der Waals surface area contributed by atoms with Gasteiger partial charge in [0, 0.05) is 12.1 Å². The summed E-state index contributed by atoms with van der Waals surface area (Å²) in [7, 11) is -1.64. The first-order chi connectivity index (χ1) is 17.1. The van der Waals surface area contributed by atoms with Gasteiger partial charge in [-0.3, -0.25) is 4.79 Å². The molecular weight excluding hydrogens is 507 g/mol. The third-order valence-electron chi connectivity index (χ3n) is 5.36. The molecule has 2 atom stereocenters. The van der Waals surface area contributed by atoms with E-state index in [1.54, 1.807) is 4.31 Å². The van der Waals surface area contributed by atoms with Gasteiger partial charge in [0.2, 0.25) is 5.91 Å². The van der Waals surface area contributed by atoms with Crippen molar-refractivity contribution in [3.8, 4) is 17.0 Å². The van der Waals surface area contributed by atoms with Crippen LogP contribution < -0.4 is 10.1 Å². The van der Waals surface area contributed by atoms with E-state index in [-0.39, 0.29) is 23.7 Å². The lowest BCUT2D eigenvalue weighted by Gasteiger charge is -2.22. The Hall–Kier alpha value is -3.45. The van der Waals surface area contributed by atoms with E-state index in [0.29, 0.717) is 30.0 Å². The molecule has 1 aliphatic heterocycles. The SMILES string of the molecule is O=C(NCc1cc(-c2ccc(OC(F)(F)F)c(F)c2)ncn1)C1CCCN1S(=O)c1ccc(F)cc1. The first-order valence-electron chi connectivity index (χ1n) is 10.7. The maximum absolute atomic E-state index is 14.1. The highest BCUT2D eigenvalue weighted by Crippen LogP contribution is 2.29. The molecule has 2 heterocycles. The van der Waals surface area contributed by atoms with Crippen molar-refractivity contribution in [3.63, 3.8) is 0 Å². The summed E-state index contributed by atoms with van der Waals surface area (Å²) in [4.78, 5) is 21.3. The number of carbonyl (C=O) groups excluding carboxylic acids is 1. The summed E-state index contributed by atoms with van der Waals surface area (Å²) in [5.74, 6) is -3.01. The van der Waals surface area contributed by atoms with Crippen molar-refractivity contribution in [2.45, 2.75) is 36.7 Å². The minimum Gasteiger partial charge on any atom is -0.403 e. The molecule has 0 bridgehead atoms. The lowest BCUT2D eigenvalue weighted by molar-refractivity contribution is -0.275. The van der Waals surface area contributed by atoms with E-state index in [0.717, 1.165) is 12.1 Å². The Morgan fingerprint density at radius 2 is 1.86 bits per heavy atom. The van der Waals surface area contributed by atoms with Crippen LogP contribution in [0.15, 0.2) is 59.8 Å². The predicted octanol–water partition coefficient (Wildman–Crippen LogP) is 4.12. The molecule has 0 radical (unpaired) electrons. The van der Waals surface area contributed by atoms with Crippen LogP contribution >= 0.6 is 0 Å². The zero-order valence-electron chi connectivity index (χ0n) is 18.5. The van der Waals surface area contributed by atoms with E-state index in [1.807, 2.05) is 0 Å². The van der Waals surface area contributed by atoms with Gasteiger partial charge >= 0.3 is 6.36 Å². The number of aromatic nitrogens is 2. The molecule has 1 aromatic heterocycles. The molecule has 2 unspecified atom stereocenters. The molecule has 1 amide bonds. The van der Waals surface area contributed by atoms with Crippen molar-refractivity contribution in [3.05, 3.63) is 72.2 Å². The van der Waals surface area contributed by atoms with E-state index in [1.165, 1.54) is 42.7 Å². The molecule has 13 heteroatoms. The van der Waals surface area contributed by atoms with Gasteiger partial charge in [0.1, 0.15) is 29.2 Å². The number of hydrogen-bond donors (Lipinski definition) is 1. The van der Waals surface area contributed by atoms with Crippen molar-refractivity contribution < 1.29 is 35.7 Å². The number of hydrogen-bond acceptors (Lipinski definition) is 5. The van der Waals surface area contributed by atoms with Gasteiger partial charge in [-0.15, -0.1) is 13.2 Å². The second kappa shape index (κ2) is 10.7. The zero-order chi connectivity index (χ0) is 25.9. The fourth-order valence-corrected chi connectivity index (χ4v) is 5.07. The average Bonchev–Trinajstić information content (AvgIpc) is 3.33. The highest BCUT2D eigenvalue weighted by molar-refractivity contribution is 7.82. The number of ether oxygens (including phenoxy) is 1. The highest BCUT2D eigenvalue weighted by atomic mass is 32.2. The van der Waals surface area contributed by atoms with Crippen LogP contribution in [0.25, 0.3) is 11.3 Å². The van der Waals surface area contributed by atoms with E-state index in [4.69, 9.17) is 0 Å². The van der Waals surface area contributed by atoms with Gasteiger partial charge in [0.25, 0.3) is 0 Å². The third kappa shape index (κ3) is 6.21. The molecule has 4 rings (SSSR count). The zero-order valence-corrected chi connectivity index (χ0v) is 19.3. The van der Waals surface area contributed by atoms with Crippen LogP contribution in [0.2, 0.25) is 0 Å². The van der Waals surface area contributed by atoms with Crippen LogP contribution in [-0.4, -0.2) is 43.3 Å².